The molecular formula is C24H38O3. The molecule has 3 nitrogen and oxygen atoms in total. The zero-order valence-electron chi connectivity index (χ0n) is 17.7. The van der Waals surface area contributed by atoms with Crippen LogP contribution in [0.4, 0.5) is 0 Å². The van der Waals surface area contributed by atoms with Gasteiger partial charge in [0, 0.05) is 6.92 Å². The molecule has 152 valence electrons. The number of aliphatic hydroxyl groups excluding tert-OH is 1. The van der Waals surface area contributed by atoms with Crippen molar-refractivity contribution in [3.05, 3.63) is 11.6 Å². The van der Waals surface area contributed by atoms with E-state index in [9.17, 15) is 9.90 Å². The highest BCUT2D eigenvalue weighted by molar-refractivity contribution is 5.65. The van der Waals surface area contributed by atoms with Crippen molar-refractivity contribution in [2.24, 2.45) is 40.4 Å². The second-order valence-electron chi connectivity index (χ2n) is 10.7. The Labute approximate surface area is 164 Å². The summed E-state index contributed by atoms with van der Waals surface area (Å²) in [7, 11) is 0. The fraction of sp³-hybridized carbons (Fsp3) is 0.875. The molecule has 0 unspecified atom stereocenters. The second kappa shape index (κ2) is 6.90. The molecule has 0 saturated heterocycles. The fourth-order valence-corrected chi connectivity index (χ4v) is 7.98. The third kappa shape index (κ3) is 3.09. The number of carbonyl (C=O) groups excluding carboxylic acids is 1. The van der Waals surface area contributed by atoms with Crippen LogP contribution in [-0.2, 0) is 9.53 Å². The van der Waals surface area contributed by atoms with Gasteiger partial charge in [0.2, 0.25) is 0 Å². The zero-order chi connectivity index (χ0) is 19.4. The monoisotopic (exact) mass is 374 g/mol. The van der Waals surface area contributed by atoms with Crippen LogP contribution in [0.15, 0.2) is 11.6 Å². The molecule has 4 aliphatic carbocycles. The molecule has 4 aliphatic rings. The van der Waals surface area contributed by atoms with Gasteiger partial charge in [-0.3, -0.25) is 4.79 Å². The normalized spacial score (nSPS) is 47.3. The summed E-state index contributed by atoms with van der Waals surface area (Å²) >= 11 is 0. The Kier molecular flexibility index (Phi) is 4.98. The van der Waals surface area contributed by atoms with E-state index in [4.69, 9.17) is 4.74 Å². The first kappa shape index (κ1) is 19.5. The molecule has 3 saturated carbocycles. The number of carbonyl (C=O) groups is 1. The maximum Gasteiger partial charge on any atom is 0.302 e. The van der Waals surface area contributed by atoms with Crippen molar-refractivity contribution in [3.63, 3.8) is 0 Å². The van der Waals surface area contributed by atoms with E-state index >= 15 is 0 Å². The van der Waals surface area contributed by atoms with Crippen molar-refractivity contribution in [2.75, 3.05) is 6.61 Å². The van der Waals surface area contributed by atoms with E-state index in [0.717, 1.165) is 37.0 Å². The first-order chi connectivity index (χ1) is 12.8. The van der Waals surface area contributed by atoms with Gasteiger partial charge in [-0.2, -0.15) is 0 Å². The van der Waals surface area contributed by atoms with Gasteiger partial charge in [0.25, 0.3) is 0 Å². The Hall–Kier alpha value is -0.830. The van der Waals surface area contributed by atoms with Crippen molar-refractivity contribution in [1.82, 2.24) is 0 Å². The van der Waals surface area contributed by atoms with Crippen LogP contribution in [0.2, 0.25) is 0 Å². The number of rotatable bonds is 3. The number of hydrogen-bond donors (Lipinski definition) is 1. The Bertz CT molecular complexity index is 625. The maximum absolute atomic E-state index is 11.3. The second-order valence-corrected chi connectivity index (χ2v) is 10.7. The summed E-state index contributed by atoms with van der Waals surface area (Å²) in [6.45, 7) is 9.43. The highest BCUT2D eigenvalue weighted by Gasteiger charge is 2.59. The standard InChI is InChI=1S/C24H38O3/c1-15(14-27-16(2)25)20-7-8-21-19-6-5-17-13-18(26)9-11-23(17,3)22(19)10-12-24(20,21)4/h5,15,18-22,26H,6-14H2,1-4H3/t15-,18+,19+,20+,21-,22+,23+,24-/m1/s1. The van der Waals surface area contributed by atoms with E-state index in [1.807, 2.05) is 0 Å². The van der Waals surface area contributed by atoms with Crippen LogP contribution >= 0.6 is 0 Å². The zero-order valence-corrected chi connectivity index (χ0v) is 17.7. The lowest BCUT2D eigenvalue weighted by molar-refractivity contribution is -0.143. The number of allylic oxidation sites excluding steroid dienone is 1. The van der Waals surface area contributed by atoms with Gasteiger partial charge in [-0.15, -0.1) is 0 Å². The highest BCUT2D eigenvalue weighted by atomic mass is 16.5. The molecule has 27 heavy (non-hydrogen) atoms. The number of aliphatic hydroxyl groups is 1. The van der Waals surface area contributed by atoms with Crippen molar-refractivity contribution in [1.29, 1.82) is 0 Å². The molecule has 4 rings (SSSR count). The van der Waals surface area contributed by atoms with Crippen LogP contribution in [-0.4, -0.2) is 23.8 Å². The van der Waals surface area contributed by atoms with Crippen molar-refractivity contribution >= 4 is 5.97 Å². The van der Waals surface area contributed by atoms with E-state index in [1.165, 1.54) is 39.0 Å². The Morgan fingerprint density at radius 1 is 1.22 bits per heavy atom. The summed E-state index contributed by atoms with van der Waals surface area (Å²) in [6.07, 6.45) is 11.9. The molecule has 0 aliphatic heterocycles. The van der Waals surface area contributed by atoms with Crippen LogP contribution < -0.4 is 0 Å². The summed E-state index contributed by atoms with van der Waals surface area (Å²) in [6, 6.07) is 0. The summed E-state index contributed by atoms with van der Waals surface area (Å²) in [5.74, 6) is 3.39. The van der Waals surface area contributed by atoms with Crippen LogP contribution in [0.5, 0.6) is 0 Å². The molecule has 0 amide bonds. The van der Waals surface area contributed by atoms with Crippen LogP contribution in [0.25, 0.3) is 0 Å². The van der Waals surface area contributed by atoms with E-state index in [0.29, 0.717) is 29.3 Å². The van der Waals surface area contributed by atoms with Gasteiger partial charge in [-0.05, 0) is 91.8 Å². The summed E-state index contributed by atoms with van der Waals surface area (Å²) in [5.41, 5.74) is 2.28. The minimum atomic E-state index is -0.150. The van der Waals surface area contributed by atoms with Crippen molar-refractivity contribution in [3.8, 4) is 0 Å². The SMILES string of the molecule is CC(=O)OC[C@@H](C)[C@@H]1CC[C@@H]2[C@@H]3CC=C4C[C@@H](O)CC[C@]4(C)[C@H]3CC[C@@]21C. The molecular weight excluding hydrogens is 336 g/mol. The lowest BCUT2D eigenvalue weighted by Gasteiger charge is -2.58. The Morgan fingerprint density at radius 2 is 2.00 bits per heavy atom. The number of esters is 1. The van der Waals surface area contributed by atoms with E-state index in [1.54, 1.807) is 5.57 Å². The molecule has 0 bridgehead atoms. The van der Waals surface area contributed by atoms with Crippen LogP contribution in [0.1, 0.15) is 79.1 Å². The van der Waals surface area contributed by atoms with Crippen molar-refractivity contribution < 1.29 is 14.6 Å². The minimum Gasteiger partial charge on any atom is -0.466 e. The topological polar surface area (TPSA) is 46.5 Å². The van der Waals surface area contributed by atoms with Crippen LogP contribution in [0.3, 0.4) is 0 Å². The average molecular weight is 375 g/mol. The first-order valence-corrected chi connectivity index (χ1v) is 11.3. The van der Waals surface area contributed by atoms with Crippen molar-refractivity contribution in [2.45, 2.75) is 85.2 Å². The van der Waals surface area contributed by atoms with Gasteiger partial charge in [-0.1, -0.05) is 32.4 Å². The molecule has 1 N–H and O–H groups in total. The van der Waals surface area contributed by atoms with Gasteiger partial charge >= 0.3 is 5.97 Å². The third-order valence-corrected chi connectivity index (χ3v) is 9.39. The molecule has 8 atom stereocenters. The average Bonchev–Trinajstić information content (AvgIpc) is 2.97. The lowest BCUT2D eigenvalue weighted by Crippen LogP contribution is -2.51. The molecule has 3 heteroatoms. The van der Waals surface area contributed by atoms with E-state index in [-0.39, 0.29) is 12.1 Å². The summed E-state index contributed by atoms with van der Waals surface area (Å²) in [4.78, 5) is 11.3. The quantitative estimate of drug-likeness (QED) is 0.550. The summed E-state index contributed by atoms with van der Waals surface area (Å²) in [5, 5.41) is 10.2. The molecule has 3 fully saturated rings. The smallest absolute Gasteiger partial charge is 0.302 e. The van der Waals surface area contributed by atoms with Gasteiger partial charge < -0.3 is 9.84 Å². The molecule has 0 aromatic rings. The molecule has 0 radical (unpaired) electrons. The molecule has 0 heterocycles. The summed E-state index contributed by atoms with van der Waals surface area (Å²) < 4.78 is 5.37. The highest BCUT2D eigenvalue weighted by Crippen LogP contribution is 2.67. The van der Waals surface area contributed by atoms with E-state index < -0.39 is 0 Å². The number of hydrogen-bond acceptors (Lipinski definition) is 3. The Morgan fingerprint density at radius 3 is 2.74 bits per heavy atom. The lowest BCUT2D eigenvalue weighted by atomic mass is 9.47. The first-order valence-electron chi connectivity index (χ1n) is 11.3. The minimum absolute atomic E-state index is 0.118. The number of fused-ring (bicyclic) bond motifs is 5. The predicted molar refractivity (Wildman–Crippen MR) is 107 cm³/mol. The number of ether oxygens (including phenoxy) is 1. The van der Waals surface area contributed by atoms with Gasteiger partial charge in [0.05, 0.1) is 12.7 Å². The third-order valence-electron chi connectivity index (χ3n) is 9.39. The largest absolute Gasteiger partial charge is 0.466 e. The molecule has 0 aromatic heterocycles. The molecule has 0 spiro atoms. The van der Waals surface area contributed by atoms with Crippen LogP contribution in [0, 0.1) is 40.4 Å². The predicted octanol–water partition coefficient (Wildman–Crippen LogP) is 5.13. The van der Waals surface area contributed by atoms with E-state index in [2.05, 4.69) is 26.8 Å². The fourth-order valence-electron chi connectivity index (χ4n) is 7.98. The van der Waals surface area contributed by atoms with Gasteiger partial charge in [0.1, 0.15) is 0 Å². The molecule has 0 aromatic carbocycles. The van der Waals surface area contributed by atoms with Gasteiger partial charge in [0.15, 0.2) is 0 Å². The Balaban J connectivity index is 1.54. The van der Waals surface area contributed by atoms with Gasteiger partial charge in [-0.25, -0.2) is 0 Å². The maximum atomic E-state index is 11.3.